The van der Waals surface area contributed by atoms with Crippen LogP contribution >= 0.6 is 11.6 Å². The van der Waals surface area contributed by atoms with Gasteiger partial charge in [0.1, 0.15) is 5.82 Å². The van der Waals surface area contributed by atoms with Crippen molar-refractivity contribution in [3.8, 4) is 0 Å². The predicted molar refractivity (Wildman–Crippen MR) is 93.8 cm³/mol. The summed E-state index contributed by atoms with van der Waals surface area (Å²) in [7, 11) is 0. The maximum Gasteiger partial charge on any atom is 0.255 e. The van der Waals surface area contributed by atoms with Crippen LogP contribution < -0.4 is 5.73 Å². The van der Waals surface area contributed by atoms with Crippen LogP contribution in [0, 0.1) is 11.7 Å². The fourth-order valence-corrected chi connectivity index (χ4v) is 3.92. The second kappa shape index (κ2) is 7.70. The van der Waals surface area contributed by atoms with E-state index in [0.29, 0.717) is 31.7 Å². The summed E-state index contributed by atoms with van der Waals surface area (Å²) in [5.41, 5.74) is 6.27. The van der Waals surface area contributed by atoms with Crippen molar-refractivity contribution in [3.63, 3.8) is 0 Å². The molecule has 0 bridgehead atoms. The first-order valence-corrected chi connectivity index (χ1v) is 9.12. The van der Waals surface area contributed by atoms with Crippen molar-refractivity contribution in [2.24, 2.45) is 11.7 Å². The first kappa shape index (κ1) is 18.1. The Bertz CT molecular complexity index is 662. The highest BCUT2D eigenvalue weighted by atomic mass is 35.5. The van der Waals surface area contributed by atoms with Gasteiger partial charge in [0.25, 0.3) is 5.91 Å². The van der Waals surface area contributed by atoms with Gasteiger partial charge in [-0.1, -0.05) is 18.0 Å². The molecular weight excluding hydrogens is 345 g/mol. The van der Waals surface area contributed by atoms with Gasteiger partial charge in [0.2, 0.25) is 5.91 Å². The molecule has 25 heavy (non-hydrogen) atoms. The first-order chi connectivity index (χ1) is 12.0. The van der Waals surface area contributed by atoms with E-state index >= 15 is 0 Å². The summed E-state index contributed by atoms with van der Waals surface area (Å²) in [6, 6.07) is 3.89. The molecule has 0 aromatic heterocycles. The fourth-order valence-electron chi connectivity index (χ4n) is 3.67. The lowest BCUT2D eigenvalue weighted by molar-refractivity contribution is -0.138. The largest absolute Gasteiger partial charge is 0.339 e. The highest BCUT2D eigenvalue weighted by molar-refractivity contribution is 6.33. The Kier molecular flexibility index (Phi) is 5.59. The molecule has 2 N–H and O–H groups in total. The van der Waals surface area contributed by atoms with Gasteiger partial charge in [-0.05, 0) is 37.5 Å². The van der Waals surface area contributed by atoms with Crippen LogP contribution in [0.15, 0.2) is 18.2 Å². The van der Waals surface area contributed by atoms with Crippen molar-refractivity contribution in [3.05, 3.63) is 34.6 Å². The number of hydrogen-bond acceptors (Lipinski definition) is 3. The van der Waals surface area contributed by atoms with E-state index in [1.54, 1.807) is 4.90 Å². The summed E-state index contributed by atoms with van der Waals surface area (Å²) >= 11 is 5.97. The number of benzene rings is 1. The van der Waals surface area contributed by atoms with E-state index in [2.05, 4.69) is 0 Å². The number of carbonyl (C=O) groups excluding carboxylic acids is 2. The minimum Gasteiger partial charge on any atom is -0.339 e. The van der Waals surface area contributed by atoms with E-state index in [1.807, 2.05) is 4.90 Å². The highest BCUT2D eigenvalue weighted by Gasteiger charge is 2.32. The van der Waals surface area contributed by atoms with E-state index in [4.69, 9.17) is 17.3 Å². The van der Waals surface area contributed by atoms with Crippen LogP contribution in [0.25, 0.3) is 0 Å². The molecule has 1 saturated heterocycles. The molecule has 2 atom stereocenters. The summed E-state index contributed by atoms with van der Waals surface area (Å²) in [5, 5.41) is 0.111. The third-order valence-electron chi connectivity index (χ3n) is 5.10. The lowest BCUT2D eigenvalue weighted by atomic mass is 9.85. The number of nitrogens with two attached hydrogens (primary N) is 1. The minimum atomic E-state index is -0.470. The number of hydrogen-bond donors (Lipinski definition) is 1. The van der Waals surface area contributed by atoms with Crippen molar-refractivity contribution < 1.29 is 14.0 Å². The summed E-state index contributed by atoms with van der Waals surface area (Å²) in [5.74, 6) is -0.529. The number of nitrogens with zero attached hydrogens (tertiary/aromatic N) is 2. The Morgan fingerprint density at radius 3 is 2.44 bits per heavy atom. The Morgan fingerprint density at radius 2 is 1.80 bits per heavy atom. The van der Waals surface area contributed by atoms with E-state index < -0.39 is 5.82 Å². The van der Waals surface area contributed by atoms with Gasteiger partial charge in [0.15, 0.2) is 0 Å². The summed E-state index contributed by atoms with van der Waals surface area (Å²) in [6.45, 7) is 1.93. The highest BCUT2D eigenvalue weighted by Crippen LogP contribution is 2.26. The summed E-state index contributed by atoms with van der Waals surface area (Å²) in [6.07, 6.45) is 3.64. The molecule has 1 aromatic rings. The predicted octanol–water partition coefficient (Wildman–Crippen LogP) is 2.28. The summed E-state index contributed by atoms with van der Waals surface area (Å²) < 4.78 is 13.1. The van der Waals surface area contributed by atoms with Crippen molar-refractivity contribution in [1.29, 1.82) is 0 Å². The maximum absolute atomic E-state index is 13.1. The standard InChI is InChI=1S/C18H23ClFN3O2/c19-16-11-13(20)4-5-15(16)18(25)23-8-6-22(7-9-23)17(24)12-2-1-3-14(21)10-12/h4-5,11-12,14H,1-3,6-10,21H2. The minimum absolute atomic E-state index is 0.0116. The average molecular weight is 368 g/mol. The van der Waals surface area contributed by atoms with Crippen LogP contribution in [0.4, 0.5) is 4.39 Å². The summed E-state index contributed by atoms with van der Waals surface area (Å²) in [4.78, 5) is 28.7. The molecule has 1 heterocycles. The molecule has 3 rings (SSSR count). The van der Waals surface area contributed by atoms with Crippen molar-refractivity contribution >= 4 is 23.4 Å². The lowest BCUT2D eigenvalue weighted by Crippen LogP contribution is -2.52. The molecule has 2 aliphatic rings. The molecule has 7 heteroatoms. The third kappa shape index (κ3) is 4.12. The van der Waals surface area contributed by atoms with Crippen LogP contribution in [-0.2, 0) is 4.79 Å². The normalized spacial score (nSPS) is 24.3. The van der Waals surface area contributed by atoms with Gasteiger partial charge in [-0.3, -0.25) is 9.59 Å². The van der Waals surface area contributed by atoms with Crippen LogP contribution in [0.5, 0.6) is 0 Å². The molecule has 0 radical (unpaired) electrons. The van der Waals surface area contributed by atoms with Crippen LogP contribution in [0.3, 0.4) is 0 Å². The number of halogens is 2. The smallest absolute Gasteiger partial charge is 0.255 e. The van der Waals surface area contributed by atoms with Gasteiger partial charge in [-0.2, -0.15) is 0 Å². The maximum atomic E-state index is 13.1. The van der Waals surface area contributed by atoms with Gasteiger partial charge in [0, 0.05) is 38.1 Å². The third-order valence-corrected chi connectivity index (χ3v) is 5.42. The lowest BCUT2D eigenvalue weighted by Gasteiger charge is -2.38. The number of piperazine rings is 1. The Balaban J connectivity index is 1.58. The van der Waals surface area contributed by atoms with Gasteiger partial charge >= 0.3 is 0 Å². The number of rotatable bonds is 2. The molecule has 2 unspecified atom stereocenters. The van der Waals surface area contributed by atoms with Crippen LogP contribution in [0.1, 0.15) is 36.0 Å². The Hall–Kier alpha value is -1.66. The van der Waals surface area contributed by atoms with E-state index in [1.165, 1.54) is 12.1 Å². The van der Waals surface area contributed by atoms with Crippen molar-refractivity contribution in [2.45, 2.75) is 31.7 Å². The molecule has 1 saturated carbocycles. The molecule has 1 aliphatic carbocycles. The molecule has 0 spiro atoms. The second-order valence-corrected chi connectivity index (χ2v) is 7.27. The quantitative estimate of drug-likeness (QED) is 0.872. The molecule has 1 aliphatic heterocycles. The molecular formula is C18H23ClFN3O2. The fraction of sp³-hybridized carbons (Fsp3) is 0.556. The molecule has 5 nitrogen and oxygen atoms in total. The zero-order chi connectivity index (χ0) is 18.0. The first-order valence-electron chi connectivity index (χ1n) is 8.74. The molecule has 1 aromatic carbocycles. The van der Waals surface area contributed by atoms with Crippen LogP contribution in [-0.4, -0.2) is 53.8 Å². The van der Waals surface area contributed by atoms with Crippen molar-refractivity contribution in [2.75, 3.05) is 26.2 Å². The van der Waals surface area contributed by atoms with Crippen LogP contribution in [0.2, 0.25) is 5.02 Å². The second-order valence-electron chi connectivity index (χ2n) is 6.87. The van der Waals surface area contributed by atoms with Gasteiger partial charge in [-0.25, -0.2) is 4.39 Å². The van der Waals surface area contributed by atoms with E-state index in [9.17, 15) is 14.0 Å². The number of carbonyl (C=O) groups is 2. The molecule has 2 fully saturated rings. The van der Waals surface area contributed by atoms with Gasteiger partial charge < -0.3 is 15.5 Å². The topological polar surface area (TPSA) is 66.6 Å². The molecule has 136 valence electrons. The Labute approximate surface area is 151 Å². The monoisotopic (exact) mass is 367 g/mol. The van der Waals surface area contributed by atoms with E-state index in [-0.39, 0.29) is 28.8 Å². The SMILES string of the molecule is NC1CCCC(C(=O)N2CCN(C(=O)c3ccc(F)cc3Cl)CC2)C1. The van der Waals surface area contributed by atoms with E-state index in [0.717, 1.165) is 31.7 Å². The Morgan fingerprint density at radius 1 is 1.12 bits per heavy atom. The zero-order valence-electron chi connectivity index (χ0n) is 14.1. The zero-order valence-corrected chi connectivity index (χ0v) is 14.8. The van der Waals surface area contributed by atoms with Gasteiger partial charge in [-0.15, -0.1) is 0 Å². The molecule has 2 amide bonds. The van der Waals surface area contributed by atoms with Crippen molar-refractivity contribution in [1.82, 2.24) is 9.80 Å². The van der Waals surface area contributed by atoms with Gasteiger partial charge in [0.05, 0.1) is 10.6 Å². The number of amides is 2. The average Bonchev–Trinajstić information content (AvgIpc) is 2.61.